The van der Waals surface area contributed by atoms with E-state index in [9.17, 15) is 8.78 Å². The molecule has 3 aromatic heterocycles. The first-order valence-corrected chi connectivity index (χ1v) is 9.62. The van der Waals surface area contributed by atoms with Crippen LogP contribution in [0.1, 0.15) is 18.1 Å². The van der Waals surface area contributed by atoms with Crippen molar-refractivity contribution < 1.29 is 18.3 Å². The average molecular weight is 414 g/mol. The van der Waals surface area contributed by atoms with E-state index in [2.05, 4.69) is 22.0 Å². The predicted octanol–water partition coefficient (Wildman–Crippen LogP) is 2.34. The van der Waals surface area contributed by atoms with Crippen LogP contribution in [0.25, 0.3) is 11.3 Å². The molecule has 0 unspecified atom stereocenters. The second kappa shape index (κ2) is 7.12. The molecule has 2 atom stereocenters. The number of anilines is 1. The monoisotopic (exact) mass is 414 g/mol. The molecule has 10 heteroatoms. The van der Waals surface area contributed by atoms with Crippen LogP contribution >= 0.6 is 0 Å². The molecular formula is C20H20F2N6O2. The Balaban J connectivity index is 1.67. The summed E-state index contributed by atoms with van der Waals surface area (Å²) in [5.74, 6) is 0.875. The van der Waals surface area contributed by atoms with E-state index in [1.807, 2.05) is 11.8 Å². The maximum atomic E-state index is 14.4. The third-order valence-corrected chi connectivity index (χ3v) is 5.22. The van der Waals surface area contributed by atoms with Crippen molar-refractivity contribution in [2.24, 2.45) is 0 Å². The summed E-state index contributed by atoms with van der Waals surface area (Å²) in [7, 11) is 0. The summed E-state index contributed by atoms with van der Waals surface area (Å²) < 4.78 is 41.4. The number of hydrogen-bond acceptors (Lipinski definition) is 7. The second-order valence-corrected chi connectivity index (χ2v) is 7.43. The highest BCUT2D eigenvalue weighted by atomic mass is 19.1. The first-order chi connectivity index (χ1) is 14.5. The number of ether oxygens (including phenoxy) is 2. The Morgan fingerprint density at radius 1 is 1.27 bits per heavy atom. The van der Waals surface area contributed by atoms with Gasteiger partial charge in [-0.15, -0.1) is 0 Å². The number of aromatic nitrogens is 4. The summed E-state index contributed by atoms with van der Waals surface area (Å²) in [6.07, 6.45) is 3.12. The lowest BCUT2D eigenvalue weighted by atomic mass is 10.1. The van der Waals surface area contributed by atoms with Crippen LogP contribution in [0.15, 0.2) is 31.2 Å². The number of fused-ring (bicyclic) bond motifs is 1. The normalized spacial score (nSPS) is 21.4. The topological polar surface area (TPSA) is 76.8 Å². The lowest BCUT2D eigenvalue weighted by Gasteiger charge is -2.36. The van der Waals surface area contributed by atoms with E-state index >= 15 is 0 Å². The Labute approximate surface area is 171 Å². The molecule has 156 valence electrons. The Hall–Kier alpha value is -3.43. The van der Waals surface area contributed by atoms with Gasteiger partial charge >= 0.3 is 0 Å². The highest BCUT2D eigenvalue weighted by Gasteiger charge is 2.29. The molecule has 0 saturated carbocycles. The van der Waals surface area contributed by atoms with Crippen molar-refractivity contribution >= 4 is 17.2 Å². The SMILES string of the molecule is C=C1NC[C@H](F)COc2ncc(F)cc2CN2c3nc4c1cnn4cc3OC[C@H]2C. The van der Waals surface area contributed by atoms with E-state index in [0.29, 0.717) is 40.6 Å². The molecule has 2 bridgehead atoms. The summed E-state index contributed by atoms with van der Waals surface area (Å²) in [5, 5.41) is 7.29. The molecule has 1 N–H and O–H groups in total. The van der Waals surface area contributed by atoms with E-state index in [-0.39, 0.29) is 31.6 Å². The quantitative estimate of drug-likeness (QED) is 0.605. The third kappa shape index (κ3) is 3.17. The predicted molar refractivity (Wildman–Crippen MR) is 106 cm³/mol. The summed E-state index contributed by atoms with van der Waals surface area (Å²) >= 11 is 0. The molecule has 2 aliphatic heterocycles. The minimum Gasteiger partial charge on any atom is -0.486 e. The molecule has 30 heavy (non-hydrogen) atoms. The largest absolute Gasteiger partial charge is 0.486 e. The number of hydrogen-bond donors (Lipinski definition) is 1. The number of nitrogens with zero attached hydrogens (tertiary/aromatic N) is 5. The van der Waals surface area contributed by atoms with Crippen LogP contribution in [-0.4, -0.2) is 51.6 Å². The highest BCUT2D eigenvalue weighted by Crippen LogP contribution is 2.35. The molecule has 0 spiro atoms. The van der Waals surface area contributed by atoms with E-state index < -0.39 is 12.0 Å². The van der Waals surface area contributed by atoms with Crippen molar-refractivity contribution in [2.75, 3.05) is 24.7 Å². The minimum absolute atomic E-state index is 0.0100. The summed E-state index contributed by atoms with van der Waals surface area (Å²) in [6.45, 7) is 6.45. The maximum absolute atomic E-state index is 14.4. The van der Waals surface area contributed by atoms with Crippen LogP contribution in [0.5, 0.6) is 11.6 Å². The van der Waals surface area contributed by atoms with E-state index in [1.54, 1.807) is 16.9 Å². The van der Waals surface area contributed by atoms with Gasteiger partial charge in [-0.2, -0.15) is 5.10 Å². The van der Waals surface area contributed by atoms with Gasteiger partial charge in [0.25, 0.3) is 0 Å². The van der Waals surface area contributed by atoms with Crippen molar-refractivity contribution in [3.63, 3.8) is 0 Å². The fourth-order valence-corrected chi connectivity index (χ4v) is 3.60. The van der Waals surface area contributed by atoms with E-state index in [4.69, 9.17) is 14.5 Å². The van der Waals surface area contributed by atoms with Gasteiger partial charge in [0.15, 0.2) is 23.4 Å². The fraction of sp³-hybridized carbons (Fsp3) is 0.350. The second-order valence-electron chi connectivity index (χ2n) is 7.43. The zero-order chi connectivity index (χ0) is 20.8. The molecular weight excluding hydrogens is 394 g/mol. The van der Waals surface area contributed by atoms with Gasteiger partial charge in [0, 0.05) is 17.8 Å². The molecule has 5 rings (SSSR count). The number of halogens is 2. The van der Waals surface area contributed by atoms with Crippen LogP contribution in [0, 0.1) is 5.82 Å². The number of rotatable bonds is 0. The van der Waals surface area contributed by atoms with Gasteiger partial charge < -0.3 is 19.7 Å². The molecule has 2 aliphatic rings. The van der Waals surface area contributed by atoms with Gasteiger partial charge in [-0.3, -0.25) is 0 Å². The smallest absolute Gasteiger partial charge is 0.218 e. The standard InChI is InChI=1S/C20H20F2N6O2/c1-11-9-29-17-8-28-18-16(6-25-28)12(2)23-5-15(22)10-30-20-13(3-14(21)4-24-20)7-27(11)19(17)26-18/h3-4,6,8,11,15,23H,2,5,7,9-10H2,1H3/t11-,15+/m1/s1. The van der Waals surface area contributed by atoms with Gasteiger partial charge in [0.2, 0.25) is 5.88 Å². The van der Waals surface area contributed by atoms with Crippen LogP contribution in [0.4, 0.5) is 14.6 Å². The Kier molecular flexibility index (Phi) is 4.41. The van der Waals surface area contributed by atoms with E-state index in [1.165, 1.54) is 6.07 Å². The highest BCUT2D eigenvalue weighted by molar-refractivity contribution is 5.75. The lowest BCUT2D eigenvalue weighted by Crippen LogP contribution is -2.41. The third-order valence-electron chi connectivity index (χ3n) is 5.22. The molecule has 0 aliphatic carbocycles. The van der Waals surface area contributed by atoms with Crippen molar-refractivity contribution in [2.45, 2.75) is 25.7 Å². The van der Waals surface area contributed by atoms with Crippen molar-refractivity contribution in [1.29, 1.82) is 0 Å². The molecule has 0 fully saturated rings. The zero-order valence-corrected chi connectivity index (χ0v) is 16.3. The first-order valence-electron chi connectivity index (χ1n) is 9.62. The minimum atomic E-state index is -1.32. The van der Waals surface area contributed by atoms with Crippen LogP contribution in [0.3, 0.4) is 0 Å². The number of alkyl halides is 1. The van der Waals surface area contributed by atoms with Crippen molar-refractivity contribution in [1.82, 2.24) is 24.9 Å². The van der Waals surface area contributed by atoms with Gasteiger partial charge in [-0.1, -0.05) is 6.58 Å². The van der Waals surface area contributed by atoms with Gasteiger partial charge in [-0.05, 0) is 13.0 Å². The van der Waals surface area contributed by atoms with E-state index in [0.717, 1.165) is 6.20 Å². The number of nitrogens with one attached hydrogen (secondary N) is 1. The maximum Gasteiger partial charge on any atom is 0.218 e. The molecule has 0 aromatic carbocycles. The van der Waals surface area contributed by atoms with Gasteiger partial charge in [0.05, 0.1) is 36.7 Å². The molecule has 3 aromatic rings. The van der Waals surface area contributed by atoms with Crippen LogP contribution < -0.4 is 19.7 Å². The molecule has 0 radical (unpaired) electrons. The molecule has 0 amide bonds. The first kappa shape index (κ1) is 18.6. The Morgan fingerprint density at radius 3 is 3.00 bits per heavy atom. The average Bonchev–Trinajstić information content (AvgIpc) is 3.14. The summed E-state index contributed by atoms with van der Waals surface area (Å²) in [4.78, 5) is 10.8. The zero-order valence-electron chi connectivity index (χ0n) is 16.3. The fourth-order valence-electron chi connectivity index (χ4n) is 3.60. The summed E-state index contributed by atoms with van der Waals surface area (Å²) in [5.41, 5.74) is 2.24. The van der Waals surface area contributed by atoms with Crippen molar-refractivity contribution in [3.05, 3.63) is 48.2 Å². The van der Waals surface area contributed by atoms with Crippen LogP contribution in [-0.2, 0) is 6.54 Å². The lowest BCUT2D eigenvalue weighted by molar-refractivity contribution is 0.189. The number of pyridine rings is 1. The summed E-state index contributed by atoms with van der Waals surface area (Å²) in [6, 6.07) is 1.31. The molecule has 5 heterocycles. The van der Waals surface area contributed by atoms with Crippen LogP contribution in [0.2, 0.25) is 0 Å². The molecule has 0 saturated heterocycles. The van der Waals surface area contributed by atoms with Gasteiger partial charge in [0.1, 0.15) is 19.0 Å². The van der Waals surface area contributed by atoms with Gasteiger partial charge in [-0.25, -0.2) is 23.3 Å². The molecule has 8 nitrogen and oxygen atoms in total. The van der Waals surface area contributed by atoms with Crippen molar-refractivity contribution in [3.8, 4) is 11.6 Å². The Bertz CT molecular complexity index is 1130. The Morgan fingerprint density at radius 2 is 2.13 bits per heavy atom.